The molecule has 122 valence electrons. The number of ether oxygens (including phenoxy) is 1. The van der Waals surface area contributed by atoms with Gasteiger partial charge in [-0.05, 0) is 49.1 Å². The fourth-order valence-electron chi connectivity index (χ4n) is 2.26. The Balaban J connectivity index is 2.13. The Bertz CT molecular complexity index is 698. The van der Waals surface area contributed by atoms with E-state index in [-0.39, 0.29) is 5.91 Å². The number of para-hydroxylation sites is 1. The summed E-state index contributed by atoms with van der Waals surface area (Å²) >= 11 is 6.07. The van der Waals surface area contributed by atoms with Crippen LogP contribution in [0.5, 0.6) is 5.75 Å². The lowest BCUT2D eigenvalue weighted by Crippen LogP contribution is -2.30. The van der Waals surface area contributed by atoms with E-state index in [1.165, 1.54) is 0 Å². The zero-order valence-electron chi connectivity index (χ0n) is 13.9. The average Bonchev–Trinajstić information content (AvgIpc) is 2.49. The number of benzene rings is 2. The molecule has 4 heteroatoms. The van der Waals surface area contributed by atoms with Gasteiger partial charge in [0.2, 0.25) is 0 Å². The molecule has 0 heterocycles. The summed E-state index contributed by atoms with van der Waals surface area (Å²) in [6, 6.07) is 13.2. The normalized spacial score (nSPS) is 12.1. The number of aryl methyl sites for hydroxylation is 1. The lowest BCUT2D eigenvalue weighted by atomic mass is 10.0. The SMILES string of the molecule is Cc1ccc(C(C)C)c(O[C@H](C)C(=O)Nc2ccccc2Cl)c1. The van der Waals surface area contributed by atoms with Crippen LogP contribution in [-0.2, 0) is 4.79 Å². The van der Waals surface area contributed by atoms with E-state index in [0.29, 0.717) is 16.6 Å². The molecule has 1 amide bonds. The maximum Gasteiger partial charge on any atom is 0.265 e. The Morgan fingerprint density at radius 3 is 2.48 bits per heavy atom. The second kappa shape index (κ2) is 7.51. The van der Waals surface area contributed by atoms with Gasteiger partial charge < -0.3 is 10.1 Å². The molecule has 0 aliphatic rings. The molecule has 3 nitrogen and oxygen atoms in total. The van der Waals surface area contributed by atoms with Gasteiger partial charge in [-0.15, -0.1) is 0 Å². The first kappa shape index (κ1) is 17.4. The highest BCUT2D eigenvalue weighted by molar-refractivity contribution is 6.33. The van der Waals surface area contributed by atoms with Crippen LogP contribution in [0.1, 0.15) is 37.8 Å². The van der Waals surface area contributed by atoms with Crippen molar-refractivity contribution in [3.05, 3.63) is 58.6 Å². The number of halogens is 1. The topological polar surface area (TPSA) is 38.3 Å². The van der Waals surface area contributed by atoms with Crippen LogP contribution in [-0.4, -0.2) is 12.0 Å². The van der Waals surface area contributed by atoms with Crippen LogP contribution in [0.2, 0.25) is 5.02 Å². The van der Waals surface area contributed by atoms with Gasteiger partial charge in [0, 0.05) is 0 Å². The Morgan fingerprint density at radius 1 is 1.13 bits per heavy atom. The van der Waals surface area contributed by atoms with Gasteiger partial charge in [0.05, 0.1) is 10.7 Å². The van der Waals surface area contributed by atoms with Crippen LogP contribution in [0.25, 0.3) is 0 Å². The smallest absolute Gasteiger partial charge is 0.265 e. The van der Waals surface area contributed by atoms with Crippen LogP contribution in [0.15, 0.2) is 42.5 Å². The van der Waals surface area contributed by atoms with Gasteiger partial charge in [0.15, 0.2) is 6.10 Å². The number of amides is 1. The molecule has 0 aliphatic heterocycles. The van der Waals surface area contributed by atoms with E-state index in [4.69, 9.17) is 16.3 Å². The number of hydrogen-bond donors (Lipinski definition) is 1. The molecular weight excluding hydrogens is 310 g/mol. The number of rotatable bonds is 5. The molecule has 0 unspecified atom stereocenters. The van der Waals surface area contributed by atoms with E-state index in [1.54, 1.807) is 19.1 Å². The van der Waals surface area contributed by atoms with Crippen LogP contribution in [0, 0.1) is 6.92 Å². The third-order valence-electron chi connectivity index (χ3n) is 3.60. The first-order chi connectivity index (χ1) is 10.9. The summed E-state index contributed by atoms with van der Waals surface area (Å²) in [5, 5.41) is 3.30. The molecule has 0 fully saturated rings. The predicted octanol–water partition coefficient (Wildman–Crippen LogP) is 5.18. The third-order valence-corrected chi connectivity index (χ3v) is 3.93. The predicted molar refractivity (Wildman–Crippen MR) is 95.4 cm³/mol. The molecule has 2 rings (SSSR count). The van der Waals surface area contributed by atoms with Crippen LogP contribution >= 0.6 is 11.6 Å². The number of carbonyl (C=O) groups excluding carboxylic acids is 1. The molecule has 0 spiro atoms. The summed E-state index contributed by atoms with van der Waals surface area (Å²) in [6.07, 6.45) is -0.620. The summed E-state index contributed by atoms with van der Waals surface area (Å²) in [6.45, 7) is 7.95. The molecule has 23 heavy (non-hydrogen) atoms. The summed E-state index contributed by atoms with van der Waals surface area (Å²) in [4.78, 5) is 12.3. The molecule has 0 aliphatic carbocycles. The minimum absolute atomic E-state index is 0.227. The molecule has 2 aromatic rings. The van der Waals surface area contributed by atoms with Crippen LogP contribution in [0.3, 0.4) is 0 Å². The zero-order chi connectivity index (χ0) is 17.0. The van der Waals surface area contributed by atoms with Crippen molar-refractivity contribution < 1.29 is 9.53 Å². The Labute approximate surface area is 142 Å². The van der Waals surface area contributed by atoms with Gasteiger partial charge in [0.25, 0.3) is 5.91 Å². The largest absolute Gasteiger partial charge is 0.481 e. The van der Waals surface area contributed by atoms with Crippen molar-refractivity contribution in [2.75, 3.05) is 5.32 Å². The lowest BCUT2D eigenvalue weighted by Gasteiger charge is -2.19. The summed E-state index contributed by atoms with van der Waals surface area (Å²) < 4.78 is 5.91. The minimum Gasteiger partial charge on any atom is -0.481 e. The summed E-state index contributed by atoms with van der Waals surface area (Å²) in [5.41, 5.74) is 2.78. The molecule has 0 aromatic heterocycles. The lowest BCUT2D eigenvalue weighted by molar-refractivity contribution is -0.122. The van der Waals surface area contributed by atoms with Crippen molar-refractivity contribution in [3.63, 3.8) is 0 Å². The van der Waals surface area contributed by atoms with Crippen LogP contribution in [0.4, 0.5) is 5.69 Å². The van der Waals surface area contributed by atoms with Gasteiger partial charge in [0.1, 0.15) is 5.75 Å². The average molecular weight is 332 g/mol. The highest BCUT2D eigenvalue weighted by atomic mass is 35.5. The number of anilines is 1. The van der Waals surface area contributed by atoms with E-state index in [2.05, 4.69) is 25.2 Å². The molecule has 2 aromatic carbocycles. The van der Waals surface area contributed by atoms with E-state index in [1.807, 2.05) is 31.2 Å². The standard InChI is InChI=1S/C19H22ClNO2/c1-12(2)15-10-9-13(3)11-18(15)23-14(4)19(22)21-17-8-6-5-7-16(17)20/h5-12,14H,1-4H3,(H,21,22)/t14-/m1/s1. The maximum atomic E-state index is 12.3. The van der Waals surface area contributed by atoms with Crippen molar-refractivity contribution >= 4 is 23.2 Å². The Morgan fingerprint density at radius 2 is 1.83 bits per heavy atom. The minimum atomic E-state index is -0.620. The first-order valence-corrected chi connectivity index (χ1v) is 8.09. The molecule has 0 bridgehead atoms. The third kappa shape index (κ3) is 4.49. The molecule has 0 saturated heterocycles. The molecule has 1 atom stereocenters. The van der Waals surface area contributed by atoms with Crippen molar-refractivity contribution in [2.24, 2.45) is 0 Å². The fraction of sp³-hybridized carbons (Fsp3) is 0.316. The first-order valence-electron chi connectivity index (χ1n) is 7.71. The molecule has 0 saturated carbocycles. The van der Waals surface area contributed by atoms with Gasteiger partial charge in [-0.2, -0.15) is 0 Å². The second-order valence-corrected chi connectivity index (χ2v) is 6.33. The van der Waals surface area contributed by atoms with Gasteiger partial charge in [-0.25, -0.2) is 0 Å². The number of hydrogen-bond acceptors (Lipinski definition) is 2. The molecular formula is C19H22ClNO2. The van der Waals surface area contributed by atoms with E-state index in [9.17, 15) is 4.79 Å². The zero-order valence-corrected chi connectivity index (χ0v) is 14.6. The monoisotopic (exact) mass is 331 g/mol. The van der Waals surface area contributed by atoms with Crippen molar-refractivity contribution in [1.29, 1.82) is 0 Å². The van der Waals surface area contributed by atoms with Gasteiger partial charge >= 0.3 is 0 Å². The fourth-order valence-corrected chi connectivity index (χ4v) is 2.44. The number of carbonyl (C=O) groups is 1. The summed E-state index contributed by atoms with van der Waals surface area (Å²) in [7, 11) is 0. The highest BCUT2D eigenvalue weighted by Gasteiger charge is 2.18. The van der Waals surface area contributed by atoms with Crippen molar-refractivity contribution in [3.8, 4) is 5.75 Å². The number of nitrogens with one attached hydrogen (secondary N) is 1. The van der Waals surface area contributed by atoms with E-state index < -0.39 is 6.10 Å². The maximum absolute atomic E-state index is 12.3. The summed E-state index contributed by atoms with van der Waals surface area (Å²) in [5.74, 6) is 0.848. The van der Waals surface area contributed by atoms with Gasteiger partial charge in [-0.3, -0.25) is 4.79 Å². The van der Waals surface area contributed by atoms with Crippen molar-refractivity contribution in [2.45, 2.75) is 39.7 Å². The van der Waals surface area contributed by atoms with E-state index in [0.717, 1.165) is 16.9 Å². The van der Waals surface area contributed by atoms with Gasteiger partial charge in [-0.1, -0.05) is 49.7 Å². The quantitative estimate of drug-likeness (QED) is 0.820. The second-order valence-electron chi connectivity index (χ2n) is 5.93. The van der Waals surface area contributed by atoms with Crippen molar-refractivity contribution in [1.82, 2.24) is 0 Å². The molecule has 0 radical (unpaired) electrons. The Hall–Kier alpha value is -2.00. The van der Waals surface area contributed by atoms with Crippen LogP contribution < -0.4 is 10.1 Å². The Kier molecular flexibility index (Phi) is 5.67. The molecule has 1 N–H and O–H groups in total. The highest BCUT2D eigenvalue weighted by Crippen LogP contribution is 2.28. The van der Waals surface area contributed by atoms with E-state index >= 15 is 0 Å².